The van der Waals surface area contributed by atoms with Crippen molar-refractivity contribution in [2.45, 2.75) is 94.9 Å². The van der Waals surface area contributed by atoms with Crippen LogP contribution in [0.2, 0.25) is 0 Å². The number of hydrogen-bond donors (Lipinski definition) is 1. The monoisotopic (exact) mass is 508 g/mol. The number of hydrogen-bond acceptors (Lipinski definition) is 6. The molecule has 3 atom stereocenters. The largest absolute Gasteiger partial charge is 0.491 e. The summed E-state index contributed by atoms with van der Waals surface area (Å²) in [5, 5.41) is 2.34. The molecule has 1 saturated carbocycles. The molecule has 9 heteroatoms. The van der Waals surface area contributed by atoms with Gasteiger partial charge in [-0.05, 0) is 81.7 Å². The maximum Gasteiger partial charge on any atom is 0.255 e. The fourth-order valence-corrected chi connectivity index (χ4v) is 6.55. The van der Waals surface area contributed by atoms with Crippen LogP contribution < -0.4 is 10.1 Å². The standard InChI is InChI=1S/C28H36N4O5/c33-25-12-11-23(26(34)29-25)32-16-18-15-21(9-10-22(18)27(32)35)37-17-20-5-1-3-14-31(20)28(36)24-6-2-4-13-30(24)19-7-8-19/h9-10,15,19-20,23-24H,1-8,11-14,16-17H2,(H,29,33,34)/t20-,23?,24-/m0/s1. The van der Waals surface area contributed by atoms with Crippen LogP contribution in [0.3, 0.4) is 0 Å². The summed E-state index contributed by atoms with van der Waals surface area (Å²) in [4.78, 5) is 56.5. The number of fused-ring (bicyclic) bond motifs is 1. The number of rotatable bonds is 6. The van der Waals surface area contributed by atoms with E-state index in [-0.39, 0.29) is 36.2 Å². The molecule has 0 radical (unpaired) electrons. The van der Waals surface area contributed by atoms with Gasteiger partial charge in [0.1, 0.15) is 18.4 Å². The molecule has 1 N–H and O–H groups in total. The zero-order valence-corrected chi connectivity index (χ0v) is 21.3. The average Bonchev–Trinajstić information content (AvgIpc) is 3.71. The van der Waals surface area contributed by atoms with Gasteiger partial charge in [-0.1, -0.05) is 6.42 Å². The molecular weight excluding hydrogens is 472 g/mol. The summed E-state index contributed by atoms with van der Waals surface area (Å²) in [5.41, 5.74) is 1.40. The highest BCUT2D eigenvalue weighted by Gasteiger charge is 2.42. The predicted octanol–water partition coefficient (Wildman–Crippen LogP) is 2.22. The first-order valence-electron chi connectivity index (χ1n) is 14.0. The third-order valence-corrected chi connectivity index (χ3v) is 8.69. The number of imide groups is 1. The molecule has 0 spiro atoms. The Morgan fingerprint density at radius 3 is 2.59 bits per heavy atom. The summed E-state index contributed by atoms with van der Waals surface area (Å²) in [7, 11) is 0. The van der Waals surface area contributed by atoms with Gasteiger partial charge in [0.15, 0.2) is 0 Å². The fraction of sp³-hybridized carbons (Fsp3) is 0.643. The molecule has 198 valence electrons. The Hall–Kier alpha value is -2.94. The summed E-state index contributed by atoms with van der Waals surface area (Å²) in [5.74, 6) is 0.0632. The molecular formula is C28H36N4O5. The van der Waals surface area contributed by atoms with E-state index in [1.54, 1.807) is 17.0 Å². The molecule has 1 unspecified atom stereocenters. The van der Waals surface area contributed by atoms with Crippen molar-refractivity contribution < 1.29 is 23.9 Å². The molecule has 1 aromatic rings. The van der Waals surface area contributed by atoms with E-state index in [4.69, 9.17) is 4.74 Å². The molecule has 6 rings (SSSR count). The predicted molar refractivity (Wildman–Crippen MR) is 135 cm³/mol. The molecule has 4 heterocycles. The van der Waals surface area contributed by atoms with Gasteiger partial charge in [0.05, 0.1) is 12.1 Å². The number of likely N-dealkylation sites (tertiary alicyclic amines) is 2. The molecule has 9 nitrogen and oxygen atoms in total. The lowest BCUT2D eigenvalue weighted by Crippen LogP contribution is -2.56. The van der Waals surface area contributed by atoms with E-state index >= 15 is 0 Å². The van der Waals surface area contributed by atoms with Gasteiger partial charge < -0.3 is 14.5 Å². The number of nitrogens with one attached hydrogen (secondary N) is 1. The molecule has 4 aliphatic heterocycles. The maximum atomic E-state index is 13.7. The van der Waals surface area contributed by atoms with E-state index in [2.05, 4.69) is 15.1 Å². The highest BCUT2D eigenvalue weighted by Crippen LogP contribution is 2.35. The van der Waals surface area contributed by atoms with E-state index in [0.29, 0.717) is 36.9 Å². The molecule has 5 aliphatic rings. The van der Waals surface area contributed by atoms with Crippen molar-refractivity contribution in [3.63, 3.8) is 0 Å². The molecule has 1 aromatic carbocycles. The zero-order valence-electron chi connectivity index (χ0n) is 21.3. The normalized spacial score (nSPS) is 28.8. The van der Waals surface area contributed by atoms with Gasteiger partial charge in [0.2, 0.25) is 17.7 Å². The third kappa shape index (κ3) is 4.85. The van der Waals surface area contributed by atoms with Crippen molar-refractivity contribution in [2.24, 2.45) is 0 Å². The second-order valence-electron chi connectivity index (χ2n) is 11.2. The fourth-order valence-electron chi connectivity index (χ4n) is 6.55. The van der Waals surface area contributed by atoms with E-state index in [0.717, 1.165) is 50.8 Å². The average molecular weight is 509 g/mol. The highest BCUT2D eigenvalue weighted by molar-refractivity contribution is 6.05. The Labute approximate surface area is 217 Å². The van der Waals surface area contributed by atoms with Crippen molar-refractivity contribution in [3.05, 3.63) is 29.3 Å². The summed E-state index contributed by atoms with van der Waals surface area (Å²) in [6.45, 7) is 2.59. The van der Waals surface area contributed by atoms with Gasteiger partial charge in [-0.2, -0.15) is 0 Å². The van der Waals surface area contributed by atoms with E-state index in [9.17, 15) is 19.2 Å². The summed E-state index contributed by atoms with van der Waals surface area (Å²) in [6, 6.07) is 5.49. The molecule has 4 fully saturated rings. The van der Waals surface area contributed by atoms with Crippen molar-refractivity contribution >= 4 is 23.6 Å². The van der Waals surface area contributed by atoms with Crippen LogP contribution in [0.1, 0.15) is 80.1 Å². The first-order chi connectivity index (χ1) is 18.0. The SMILES string of the molecule is O=C1CCC(N2Cc3cc(OC[C@@H]4CCCCN4C(=O)[C@@H]4CCCCN4C4CC4)ccc3C2=O)C(=O)N1. The Bertz CT molecular complexity index is 1100. The molecule has 3 saturated heterocycles. The van der Waals surface area contributed by atoms with Crippen molar-refractivity contribution in [1.29, 1.82) is 0 Å². The van der Waals surface area contributed by atoms with E-state index in [1.165, 1.54) is 19.3 Å². The van der Waals surface area contributed by atoms with Gasteiger partial charge in [0.25, 0.3) is 5.91 Å². The number of nitrogens with zero attached hydrogens (tertiary/aromatic N) is 3. The first-order valence-corrected chi connectivity index (χ1v) is 14.0. The Morgan fingerprint density at radius 1 is 0.973 bits per heavy atom. The van der Waals surface area contributed by atoms with E-state index < -0.39 is 11.9 Å². The number of carbonyl (C=O) groups excluding carboxylic acids is 4. The summed E-state index contributed by atoms with van der Waals surface area (Å²) in [6.07, 6.45) is 9.36. The number of ether oxygens (including phenoxy) is 1. The topological polar surface area (TPSA) is 99.3 Å². The summed E-state index contributed by atoms with van der Waals surface area (Å²) < 4.78 is 6.22. The van der Waals surface area contributed by atoms with Gasteiger partial charge in [0, 0.05) is 31.1 Å². The van der Waals surface area contributed by atoms with Crippen LogP contribution in [0.15, 0.2) is 18.2 Å². The molecule has 1 aliphatic carbocycles. The van der Waals surface area contributed by atoms with Gasteiger partial charge in [-0.25, -0.2) is 0 Å². The smallest absolute Gasteiger partial charge is 0.255 e. The Balaban J connectivity index is 1.10. The van der Waals surface area contributed by atoms with Gasteiger partial charge in [-0.15, -0.1) is 0 Å². The maximum absolute atomic E-state index is 13.7. The zero-order chi connectivity index (χ0) is 25.5. The van der Waals surface area contributed by atoms with Crippen LogP contribution in [-0.2, 0) is 20.9 Å². The van der Waals surface area contributed by atoms with Gasteiger partial charge in [-0.3, -0.25) is 29.4 Å². The minimum atomic E-state index is -0.626. The molecule has 4 amide bonds. The molecule has 0 bridgehead atoms. The van der Waals surface area contributed by atoms with Crippen molar-refractivity contribution in [2.75, 3.05) is 19.7 Å². The lowest BCUT2D eigenvalue weighted by molar-refractivity contribution is -0.143. The highest BCUT2D eigenvalue weighted by atomic mass is 16.5. The molecule has 37 heavy (non-hydrogen) atoms. The number of amides is 4. The van der Waals surface area contributed by atoms with Crippen LogP contribution in [-0.4, -0.2) is 82.2 Å². The number of piperidine rings is 3. The number of carbonyl (C=O) groups is 4. The lowest BCUT2D eigenvalue weighted by Gasteiger charge is -2.42. The minimum absolute atomic E-state index is 0.0196. The first kappa shape index (κ1) is 24.4. The van der Waals surface area contributed by atoms with Crippen molar-refractivity contribution in [1.82, 2.24) is 20.0 Å². The van der Waals surface area contributed by atoms with Crippen LogP contribution >= 0.6 is 0 Å². The van der Waals surface area contributed by atoms with Crippen LogP contribution in [0.4, 0.5) is 0 Å². The number of benzene rings is 1. The third-order valence-electron chi connectivity index (χ3n) is 8.69. The van der Waals surface area contributed by atoms with Gasteiger partial charge >= 0.3 is 0 Å². The quantitative estimate of drug-likeness (QED) is 0.592. The lowest BCUT2D eigenvalue weighted by atomic mass is 9.96. The van der Waals surface area contributed by atoms with Crippen LogP contribution in [0, 0.1) is 0 Å². The molecule has 0 aromatic heterocycles. The van der Waals surface area contributed by atoms with Crippen LogP contribution in [0.5, 0.6) is 5.75 Å². The van der Waals surface area contributed by atoms with Crippen LogP contribution in [0.25, 0.3) is 0 Å². The second-order valence-corrected chi connectivity index (χ2v) is 11.2. The summed E-state index contributed by atoms with van der Waals surface area (Å²) >= 11 is 0. The van der Waals surface area contributed by atoms with E-state index in [1.807, 2.05) is 6.07 Å². The Morgan fingerprint density at radius 2 is 1.78 bits per heavy atom. The second kappa shape index (κ2) is 10.1. The van der Waals surface area contributed by atoms with Crippen molar-refractivity contribution in [3.8, 4) is 5.75 Å². The Kier molecular flexibility index (Phi) is 6.65. The minimum Gasteiger partial charge on any atom is -0.491 e.